The van der Waals surface area contributed by atoms with Crippen molar-refractivity contribution in [2.45, 2.75) is 19.0 Å². The van der Waals surface area contributed by atoms with Crippen LogP contribution in [0.25, 0.3) is 10.9 Å². The topological polar surface area (TPSA) is 90.6 Å². The molecule has 130 valence electrons. The Morgan fingerprint density at radius 2 is 2.04 bits per heavy atom. The standard InChI is InChI=1S/C16H13F3N4O2/c1-8(9-3-2-4-10(7-9)16(17,18)19)14(24)21-13-12-11(22-23-13)5-6-20-15(12)25/h2-8H,1H3,(H,20,25)(H2,21,22,23,24). The van der Waals surface area contributed by atoms with Crippen molar-refractivity contribution in [3.05, 3.63) is 58.0 Å². The van der Waals surface area contributed by atoms with Gasteiger partial charge in [0.1, 0.15) is 5.39 Å². The van der Waals surface area contributed by atoms with Crippen molar-refractivity contribution in [3.8, 4) is 0 Å². The average molecular weight is 350 g/mol. The van der Waals surface area contributed by atoms with Crippen molar-refractivity contribution in [3.63, 3.8) is 0 Å². The number of amides is 1. The first-order valence-electron chi connectivity index (χ1n) is 7.31. The minimum atomic E-state index is -4.49. The van der Waals surface area contributed by atoms with Crippen LogP contribution < -0.4 is 10.9 Å². The van der Waals surface area contributed by atoms with E-state index in [0.29, 0.717) is 5.52 Å². The molecule has 2 aromatic heterocycles. The molecule has 1 atom stereocenters. The van der Waals surface area contributed by atoms with Crippen molar-refractivity contribution in [2.75, 3.05) is 5.32 Å². The molecule has 0 saturated carbocycles. The van der Waals surface area contributed by atoms with Gasteiger partial charge in [-0.1, -0.05) is 18.2 Å². The summed E-state index contributed by atoms with van der Waals surface area (Å²) >= 11 is 0. The predicted octanol–water partition coefficient (Wildman–Crippen LogP) is 3.01. The summed E-state index contributed by atoms with van der Waals surface area (Å²) in [6.07, 6.45) is -3.06. The molecule has 1 unspecified atom stereocenters. The van der Waals surface area contributed by atoms with Gasteiger partial charge < -0.3 is 10.3 Å². The van der Waals surface area contributed by atoms with E-state index in [1.54, 1.807) is 6.07 Å². The Bertz CT molecular complexity index is 991. The number of halogens is 3. The molecule has 3 N–H and O–H groups in total. The van der Waals surface area contributed by atoms with Crippen LogP contribution in [-0.2, 0) is 11.0 Å². The molecule has 25 heavy (non-hydrogen) atoms. The second-order valence-electron chi connectivity index (χ2n) is 5.50. The number of nitrogens with one attached hydrogen (secondary N) is 3. The van der Waals surface area contributed by atoms with Gasteiger partial charge in [0.15, 0.2) is 5.82 Å². The van der Waals surface area contributed by atoms with Gasteiger partial charge >= 0.3 is 6.18 Å². The van der Waals surface area contributed by atoms with Gasteiger partial charge in [0.05, 0.1) is 17.0 Å². The maximum Gasteiger partial charge on any atom is 0.416 e. The number of alkyl halides is 3. The van der Waals surface area contributed by atoms with Gasteiger partial charge in [-0.2, -0.15) is 18.3 Å². The zero-order chi connectivity index (χ0) is 18.2. The number of hydrogen-bond acceptors (Lipinski definition) is 3. The first-order valence-corrected chi connectivity index (χ1v) is 7.31. The van der Waals surface area contributed by atoms with E-state index in [2.05, 4.69) is 20.5 Å². The van der Waals surface area contributed by atoms with E-state index in [1.807, 2.05) is 0 Å². The van der Waals surface area contributed by atoms with Crippen molar-refractivity contribution in [2.24, 2.45) is 0 Å². The molecule has 9 heteroatoms. The van der Waals surface area contributed by atoms with Crippen LogP contribution >= 0.6 is 0 Å². The zero-order valence-corrected chi connectivity index (χ0v) is 12.9. The minimum absolute atomic E-state index is 0.0284. The number of hydrogen-bond donors (Lipinski definition) is 3. The normalized spacial score (nSPS) is 13.0. The predicted molar refractivity (Wildman–Crippen MR) is 85.2 cm³/mol. The summed E-state index contributed by atoms with van der Waals surface area (Å²) in [7, 11) is 0. The maximum atomic E-state index is 12.8. The number of pyridine rings is 1. The van der Waals surface area contributed by atoms with Gasteiger partial charge in [-0.05, 0) is 24.6 Å². The first kappa shape index (κ1) is 16.7. The lowest BCUT2D eigenvalue weighted by molar-refractivity contribution is -0.137. The fourth-order valence-electron chi connectivity index (χ4n) is 2.43. The molecule has 0 aliphatic carbocycles. The van der Waals surface area contributed by atoms with Gasteiger partial charge in [-0.15, -0.1) is 0 Å². The molecule has 3 aromatic rings. The van der Waals surface area contributed by atoms with E-state index in [0.717, 1.165) is 12.1 Å². The summed E-state index contributed by atoms with van der Waals surface area (Å²) in [5, 5.41) is 9.13. The van der Waals surface area contributed by atoms with Crippen LogP contribution in [-0.4, -0.2) is 21.1 Å². The molecule has 0 spiro atoms. The number of H-pyrrole nitrogens is 2. The monoisotopic (exact) mass is 350 g/mol. The molecule has 2 heterocycles. The van der Waals surface area contributed by atoms with Crippen LogP contribution in [0.15, 0.2) is 41.3 Å². The number of fused-ring (bicyclic) bond motifs is 1. The molecule has 3 rings (SSSR count). The summed E-state index contributed by atoms with van der Waals surface area (Å²) in [6.45, 7) is 1.48. The smallest absolute Gasteiger partial charge is 0.328 e. The highest BCUT2D eigenvalue weighted by atomic mass is 19.4. The molecule has 1 aromatic carbocycles. The van der Waals surface area contributed by atoms with E-state index >= 15 is 0 Å². The third-order valence-electron chi connectivity index (χ3n) is 3.83. The molecule has 0 aliphatic heterocycles. The van der Waals surface area contributed by atoms with Crippen molar-refractivity contribution in [1.29, 1.82) is 0 Å². The summed E-state index contributed by atoms with van der Waals surface area (Å²) in [5.74, 6) is -1.41. The molecule has 6 nitrogen and oxygen atoms in total. The Kier molecular flexibility index (Phi) is 4.07. The quantitative estimate of drug-likeness (QED) is 0.678. The lowest BCUT2D eigenvalue weighted by Crippen LogP contribution is -2.20. The summed E-state index contributed by atoms with van der Waals surface area (Å²) in [6, 6.07) is 6.13. The van der Waals surface area contributed by atoms with Gasteiger partial charge in [0.2, 0.25) is 5.91 Å². The Morgan fingerprint density at radius 1 is 1.28 bits per heavy atom. The molecule has 0 bridgehead atoms. The number of nitrogens with zero attached hydrogens (tertiary/aromatic N) is 1. The molecule has 0 aliphatic rings. The van der Waals surface area contributed by atoms with Crippen LogP contribution in [0.3, 0.4) is 0 Å². The molecule has 0 saturated heterocycles. The highest BCUT2D eigenvalue weighted by molar-refractivity contribution is 6.01. The van der Waals surface area contributed by atoms with Crippen LogP contribution in [0.1, 0.15) is 24.0 Å². The van der Waals surface area contributed by atoms with Crippen molar-refractivity contribution in [1.82, 2.24) is 15.2 Å². The highest BCUT2D eigenvalue weighted by Crippen LogP contribution is 2.31. The van der Waals surface area contributed by atoms with Crippen LogP contribution in [0.5, 0.6) is 0 Å². The second kappa shape index (κ2) is 6.08. The summed E-state index contributed by atoms with van der Waals surface area (Å²) in [4.78, 5) is 26.7. The molecule has 1 amide bonds. The van der Waals surface area contributed by atoms with Crippen LogP contribution in [0.4, 0.5) is 19.0 Å². The minimum Gasteiger partial charge on any atom is -0.328 e. The zero-order valence-electron chi connectivity index (χ0n) is 12.9. The Balaban J connectivity index is 1.87. The van der Waals surface area contributed by atoms with E-state index < -0.39 is 29.1 Å². The van der Waals surface area contributed by atoms with Crippen LogP contribution in [0.2, 0.25) is 0 Å². The van der Waals surface area contributed by atoms with Gasteiger partial charge in [-0.25, -0.2) is 0 Å². The SMILES string of the molecule is CC(C(=O)Nc1n[nH]c2cc[nH]c(=O)c12)c1cccc(C(F)(F)F)c1. The molecular weight excluding hydrogens is 337 g/mol. The number of anilines is 1. The highest BCUT2D eigenvalue weighted by Gasteiger charge is 2.31. The maximum absolute atomic E-state index is 12.8. The average Bonchev–Trinajstić information content (AvgIpc) is 2.98. The Labute approximate surface area is 139 Å². The number of carbonyl (C=O) groups excluding carboxylic acids is 1. The van der Waals surface area contributed by atoms with Crippen molar-refractivity contribution < 1.29 is 18.0 Å². The van der Waals surface area contributed by atoms with E-state index in [9.17, 15) is 22.8 Å². The Morgan fingerprint density at radius 3 is 2.76 bits per heavy atom. The molecular formula is C16H13F3N4O2. The number of aromatic amines is 2. The molecule has 0 radical (unpaired) electrons. The third kappa shape index (κ3) is 3.25. The molecule has 0 fully saturated rings. The number of carbonyl (C=O) groups is 1. The van der Waals surface area contributed by atoms with Gasteiger partial charge in [-0.3, -0.25) is 14.7 Å². The van der Waals surface area contributed by atoms with Crippen molar-refractivity contribution >= 4 is 22.6 Å². The summed E-state index contributed by atoms with van der Waals surface area (Å²) in [5.41, 5.74) is -0.619. The fraction of sp³-hybridized carbons (Fsp3) is 0.188. The summed E-state index contributed by atoms with van der Waals surface area (Å²) < 4.78 is 38.4. The first-order chi connectivity index (χ1) is 11.8. The second-order valence-corrected chi connectivity index (χ2v) is 5.50. The van der Waals surface area contributed by atoms with Gasteiger partial charge in [0, 0.05) is 6.20 Å². The van der Waals surface area contributed by atoms with Crippen LogP contribution in [0, 0.1) is 0 Å². The van der Waals surface area contributed by atoms with E-state index in [4.69, 9.17) is 0 Å². The largest absolute Gasteiger partial charge is 0.416 e. The Hall–Kier alpha value is -3.10. The van der Waals surface area contributed by atoms with E-state index in [1.165, 1.54) is 25.3 Å². The lowest BCUT2D eigenvalue weighted by Gasteiger charge is -2.14. The third-order valence-corrected chi connectivity index (χ3v) is 3.83. The fourth-order valence-corrected chi connectivity index (χ4v) is 2.43. The van der Waals surface area contributed by atoms with Gasteiger partial charge in [0.25, 0.3) is 5.56 Å². The number of aromatic nitrogens is 3. The van der Waals surface area contributed by atoms with E-state index in [-0.39, 0.29) is 16.8 Å². The number of benzene rings is 1. The lowest BCUT2D eigenvalue weighted by atomic mass is 9.98. The number of rotatable bonds is 3.